The quantitative estimate of drug-likeness (QED) is 0.553. The van der Waals surface area contributed by atoms with E-state index in [-0.39, 0.29) is 4.83 Å². The number of benzene rings is 2. The van der Waals surface area contributed by atoms with Gasteiger partial charge in [-0.2, -0.15) is 0 Å². The van der Waals surface area contributed by atoms with Crippen LogP contribution in [0.1, 0.15) is 34.9 Å². The molecule has 1 atom stereocenters. The van der Waals surface area contributed by atoms with E-state index in [0.717, 1.165) is 24.0 Å². The van der Waals surface area contributed by atoms with Crippen LogP contribution in [0.15, 0.2) is 42.5 Å². The maximum Gasteiger partial charge on any atom is 0.0673 e. The summed E-state index contributed by atoms with van der Waals surface area (Å²) in [7, 11) is 0. The number of rotatable bonds is 4. The summed E-state index contributed by atoms with van der Waals surface area (Å²) in [5.41, 5.74) is 3.44. The average molecular weight is 358 g/mol. The molecule has 2 aromatic carbocycles. The monoisotopic (exact) mass is 356 g/mol. The molecule has 1 unspecified atom stereocenters. The highest BCUT2D eigenvalue weighted by Crippen LogP contribution is 2.39. The van der Waals surface area contributed by atoms with E-state index in [1.54, 1.807) is 0 Å². The Balaban J connectivity index is 2.31. The minimum atomic E-state index is 0.0179. The summed E-state index contributed by atoms with van der Waals surface area (Å²) in [6.07, 6.45) is 2.27. The van der Waals surface area contributed by atoms with Crippen molar-refractivity contribution in [2.75, 3.05) is 0 Å². The van der Waals surface area contributed by atoms with Gasteiger partial charge in [0.25, 0.3) is 0 Å². The van der Waals surface area contributed by atoms with Crippen LogP contribution in [0.25, 0.3) is 0 Å². The van der Waals surface area contributed by atoms with E-state index in [9.17, 15) is 0 Å². The molecule has 0 fully saturated rings. The van der Waals surface area contributed by atoms with Crippen molar-refractivity contribution >= 4 is 39.1 Å². The molecule has 0 aliphatic heterocycles. The second kappa shape index (κ2) is 6.78. The molecule has 0 saturated heterocycles. The highest BCUT2D eigenvalue weighted by atomic mass is 79.9. The van der Waals surface area contributed by atoms with E-state index in [2.05, 4.69) is 47.1 Å². The molecule has 100 valence electrons. The molecule has 0 spiro atoms. The topological polar surface area (TPSA) is 0 Å². The van der Waals surface area contributed by atoms with E-state index >= 15 is 0 Å². The molecule has 0 aromatic heterocycles. The molecule has 2 aromatic rings. The maximum atomic E-state index is 6.24. The lowest BCUT2D eigenvalue weighted by Gasteiger charge is -2.14. The van der Waals surface area contributed by atoms with Gasteiger partial charge < -0.3 is 0 Å². The molecule has 0 amide bonds. The SMILES string of the molecule is CCCc1ccc(C(Br)c2c(Cl)cccc2Cl)cc1. The van der Waals surface area contributed by atoms with Crippen LogP contribution >= 0.6 is 39.1 Å². The molecule has 0 bridgehead atoms. The Hall–Kier alpha value is -0.500. The number of alkyl halides is 1. The molecular formula is C16H15BrCl2. The molecule has 0 nitrogen and oxygen atoms in total. The first kappa shape index (κ1) is 14.9. The number of aryl methyl sites for hydroxylation is 1. The molecule has 3 heteroatoms. The van der Waals surface area contributed by atoms with E-state index in [1.165, 1.54) is 5.56 Å². The van der Waals surface area contributed by atoms with Gasteiger partial charge in [0.1, 0.15) is 0 Å². The van der Waals surface area contributed by atoms with Gasteiger partial charge in [-0.05, 0) is 29.7 Å². The Kier molecular flexibility index (Phi) is 5.32. The van der Waals surface area contributed by atoms with Crippen LogP contribution in [0.3, 0.4) is 0 Å². The van der Waals surface area contributed by atoms with Crippen molar-refractivity contribution in [2.24, 2.45) is 0 Å². The standard InChI is InChI=1S/C16H15BrCl2/c1-2-4-11-7-9-12(10-8-11)16(17)15-13(18)5-3-6-14(15)19/h3,5-10,16H,2,4H2,1H3. The van der Waals surface area contributed by atoms with Gasteiger partial charge in [0.2, 0.25) is 0 Å². The van der Waals surface area contributed by atoms with Gasteiger partial charge in [0.05, 0.1) is 4.83 Å². The van der Waals surface area contributed by atoms with E-state index < -0.39 is 0 Å². The molecule has 0 aliphatic carbocycles. The molecule has 0 aliphatic rings. The Morgan fingerprint density at radius 1 is 1.00 bits per heavy atom. The van der Waals surface area contributed by atoms with Crippen molar-refractivity contribution in [3.8, 4) is 0 Å². The van der Waals surface area contributed by atoms with Gasteiger partial charge in [-0.25, -0.2) is 0 Å². The zero-order valence-electron chi connectivity index (χ0n) is 10.7. The van der Waals surface area contributed by atoms with Crippen LogP contribution in [0, 0.1) is 0 Å². The third kappa shape index (κ3) is 3.53. The van der Waals surface area contributed by atoms with Crippen LogP contribution in [-0.2, 0) is 6.42 Å². The van der Waals surface area contributed by atoms with Crippen molar-refractivity contribution in [1.29, 1.82) is 0 Å². The summed E-state index contributed by atoms with van der Waals surface area (Å²) in [5, 5.41) is 1.37. The molecule has 0 radical (unpaired) electrons. The minimum Gasteiger partial charge on any atom is -0.0839 e. The summed E-state index contributed by atoms with van der Waals surface area (Å²) in [6, 6.07) is 14.2. The van der Waals surface area contributed by atoms with Crippen LogP contribution in [0.4, 0.5) is 0 Å². The van der Waals surface area contributed by atoms with Gasteiger partial charge in [-0.15, -0.1) is 0 Å². The summed E-state index contributed by atoms with van der Waals surface area (Å²) >= 11 is 16.2. The largest absolute Gasteiger partial charge is 0.0839 e. The lowest BCUT2D eigenvalue weighted by molar-refractivity contribution is 0.920. The zero-order valence-corrected chi connectivity index (χ0v) is 13.8. The fourth-order valence-electron chi connectivity index (χ4n) is 2.06. The second-order valence-electron chi connectivity index (χ2n) is 4.49. The van der Waals surface area contributed by atoms with Crippen molar-refractivity contribution in [1.82, 2.24) is 0 Å². The molecular weight excluding hydrogens is 343 g/mol. The van der Waals surface area contributed by atoms with E-state index in [0.29, 0.717) is 10.0 Å². The Morgan fingerprint density at radius 3 is 2.11 bits per heavy atom. The molecule has 0 heterocycles. The predicted molar refractivity (Wildman–Crippen MR) is 87.7 cm³/mol. The van der Waals surface area contributed by atoms with Gasteiger partial charge >= 0.3 is 0 Å². The summed E-state index contributed by atoms with van der Waals surface area (Å²) in [5.74, 6) is 0. The van der Waals surface area contributed by atoms with Crippen molar-refractivity contribution in [3.63, 3.8) is 0 Å². The van der Waals surface area contributed by atoms with Crippen LogP contribution in [0.2, 0.25) is 10.0 Å². The first-order valence-electron chi connectivity index (χ1n) is 6.30. The number of halogens is 3. The normalized spacial score (nSPS) is 12.4. The molecule has 2 rings (SSSR count). The first-order chi connectivity index (χ1) is 9.13. The fourth-order valence-corrected chi connectivity index (χ4v) is 3.74. The first-order valence-corrected chi connectivity index (χ1v) is 7.97. The van der Waals surface area contributed by atoms with Crippen LogP contribution < -0.4 is 0 Å². The molecule has 19 heavy (non-hydrogen) atoms. The Bertz CT molecular complexity index is 529. The Morgan fingerprint density at radius 2 is 1.58 bits per heavy atom. The predicted octanol–water partition coefficient (Wildman–Crippen LogP) is 6.43. The highest BCUT2D eigenvalue weighted by molar-refractivity contribution is 9.09. The van der Waals surface area contributed by atoms with Crippen molar-refractivity contribution in [2.45, 2.75) is 24.6 Å². The Labute approximate surface area is 132 Å². The summed E-state index contributed by atoms with van der Waals surface area (Å²) in [6.45, 7) is 2.19. The van der Waals surface area contributed by atoms with Gasteiger partial charge in [-0.1, -0.05) is 82.8 Å². The van der Waals surface area contributed by atoms with Crippen LogP contribution in [-0.4, -0.2) is 0 Å². The number of hydrogen-bond donors (Lipinski definition) is 0. The minimum absolute atomic E-state index is 0.0179. The average Bonchev–Trinajstić information content (AvgIpc) is 2.39. The van der Waals surface area contributed by atoms with Gasteiger partial charge in [-0.3, -0.25) is 0 Å². The van der Waals surface area contributed by atoms with Crippen LogP contribution in [0.5, 0.6) is 0 Å². The zero-order chi connectivity index (χ0) is 13.8. The smallest absolute Gasteiger partial charge is 0.0673 e. The third-order valence-corrected chi connectivity index (χ3v) is 4.71. The van der Waals surface area contributed by atoms with Gasteiger partial charge in [0, 0.05) is 15.6 Å². The van der Waals surface area contributed by atoms with Crippen molar-refractivity contribution < 1.29 is 0 Å². The fraction of sp³-hybridized carbons (Fsp3) is 0.250. The highest BCUT2D eigenvalue weighted by Gasteiger charge is 2.16. The lowest BCUT2D eigenvalue weighted by atomic mass is 10.0. The summed E-state index contributed by atoms with van der Waals surface area (Å²) < 4.78 is 0. The lowest BCUT2D eigenvalue weighted by Crippen LogP contribution is -1.95. The van der Waals surface area contributed by atoms with Gasteiger partial charge in [0.15, 0.2) is 0 Å². The molecule has 0 saturated carbocycles. The second-order valence-corrected chi connectivity index (χ2v) is 6.22. The molecule has 0 N–H and O–H groups in total. The van der Waals surface area contributed by atoms with E-state index in [1.807, 2.05) is 18.2 Å². The van der Waals surface area contributed by atoms with Crippen molar-refractivity contribution in [3.05, 3.63) is 69.2 Å². The maximum absolute atomic E-state index is 6.24. The summed E-state index contributed by atoms with van der Waals surface area (Å²) in [4.78, 5) is 0.0179. The number of hydrogen-bond acceptors (Lipinski definition) is 0. The third-order valence-electron chi connectivity index (χ3n) is 3.06. The van der Waals surface area contributed by atoms with E-state index in [4.69, 9.17) is 23.2 Å².